The van der Waals surface area contributed by atoms with Gasteiger partial charge in [0.2, 0.25) is 21.8 Å². The fraction of sp³-hybridized carbons (Fsp3) is 0.447. The largest absolute Gasteiger partial charge is 0.390 e. The van der Waals surface area contributed by atoms with Gasteiger partial charge in [0.1, 0.15) is 11.9 Å². The molecule has 1 aliphatic rings. The molecule has 0 aliphatic heterocycles. The molecule has 4 aromatic rings. The predicted octanol–water partition coefficient (Wildman–Crippen LogP) is 4.25. The van der Waals surface area contributed by atoms with E-state index in [1.807, 2.05) is 71.0 Å². The topological polar surface area (TPSA) is 157 Å². The van der Waals surface area contributed by atoms with E-state index in [9.17, 15) is 27.5 Å². The number of nitrogens with zero attached hydrogens (tertiary/aromatic N) is 2. The summed E-state index contributed by atoms with van der Waals surface area (Å²) in [5.74, 6) is -1.32. The van der Waals surface area contributed by atoms with Crippen molar-refractivity contribution in [3.05, 3.63) is 95.9 Å². The maximum atomic E-state index is 14.0. The lowest BCUT2D eigenvalue weighted by molar-refractivity contribution is -0.132. The minimum Gasteiger partial charge on any atom is -0.390 e. The maximum Gasteiger partial charge on any atom is 0.243 e. The number of amides is 2. The van der Waals surface area contributed by atoms with E-state index in [1.54, 1.807) is 18.3 Å². The Labute approximate surface area is 299 Å². The number of benzene rings is 3. The Hall–Kier alpha value is -4.17. The van der Waals surface area contributed by atoms with E-state index in [1.165, 1.54) is 28.6 Å². The first-order valence-electron chi connectivity index (χ1n) is 17.3. The third-order valence-corrected chi connectivity index (χ3v) is 11.1. The van der Waals surface area contributed by atoms with E-state index in [2.05, 4.69) is 26.1 Å². The highest BCUT2D eigenvalue weighted by molar-refractivity contribution is 7.89. The van der Waals surface area contributed by atoms with Crippen LogP contribution in [0.3, 0.4) is 0 Å². The number of sulfonamides is 1. The Balaban J connectivity index is 1.33. The molecule has 3 unspecified atom stereocenters. The van der Waals surface area contributed by atoms with Crippen molar-refractivity contribution in [1.82, 2.24) is 30.5 Å². The maximum absolute atomic E-state index is 14.0. The molecule has 0 saturated heterocycles. The number of nitrogens with one attached hydrogen (secondary N) is 4. The van der Waals surface area contributed by atoms with Gasteiger partial charge in [0.25, 0.3) is 0 Å². The molecule has 1 saturated carbocycles. The van der Waals surface area contributed by atoms with Gasteiger partial charge < -0.3 is 15.7 Å². The number of halogens is 1. The fourth-order valence-electron chi connectivity index (χ4n) is 6.27. The van der Waals surface area contributed by atoms with Crippen LogP contribution >= 0.6 is 0 Å². The van der Waals surface area contributed by atoms with Crippen molar-refractivity contribution in [2.75, 3.05) is 19.6 Å². The standard InChI is InChI=1S/C38H49FN6O5S/c1-25(2)23-45(51(49,50)30-15-14-27-21-41-44-31(27)20-30)24-33(46)32(18-26-10-7-6-8-11-26)42-36(48)35(37(3,4)5)43-34(47)22-40-38(16-17-38)28-12-9-13-29(39)19-28/h6-15,19-21,25,32-33,35,40,46H,16-18,22-24H2,1-5H3,(H,41,44)(H,42,48)(H,43,47). The van der Waals surface area contributed by atoms with E-state index in [4.69, 9.17) is 0 Å². The third-order valence-electron chi connectivity index (χ3n) is 9.25. The van der Waals surface area contributed by atoms with Crippen LogP contribution in [0.15, 0.2) is 83.9 Å². The lowest BCUT2D eigenvalue weighted by atomic mass is 9.85. The summed E-state index contributed by atoms with van der Waals surface area (Å²) < 4.78 is 43.2. The number of hydrogen-bond acceptors (Lipinski definition) is 7. The summed E-state index contributed by atoms with van der Waals surface area (Å²) in [7, 11) is -4.06. The number of fused-ring (bicyclic) bond motifs is 1. The quantitative estimate of drug-likeness (QED) is 0.116. The summed E-state index contributed by atoms with van der Waals surface area (Å²) in [6.07, 6.45) is 2.03. The van der Waals surface area contributed by atoms with Crippen LogP contribution in [0.4, 0.5) is 4.39 Å². The lowest BCUT2D eigenvalue weighted by Gasteiger charge is -2.34. The highest BCUT2D eigenvalue weighted by atomic mass is 32.2. The van der Waals surface area contributed by atoms with Crippen molar-refractivity contribution >= 4 is 32.7 Å². The summed E-state index contributed by atoms with van der Waals surface area (Å²) in [4.78, 5) is 27.4. The molecule has 274 valence electrons. The fourth-order valence-corrected chi connectivity index (χ4v) is 7.92. The normalized spacial score (nSPS) is 16.2. The number of hydrogen-bond donors (Lipinski definition) is 5. The second kappa shape index (κ2) is 15.6. The van der Waals surface area contributed by atoms with Gasteiger partial charge in [-0.05, 0) is 72.1 Å². The van der Waals surface area contributed by atoms with Crippen LogP contribution in [0.1, 0.15) is 58.6 Å². The van der Waals surface area contributed by atoms with Crippen LogP contribution < -0.4 is 16.0 Å². The molecule has 5 N–H and O–H groups in total. The molecule has 0 spiro atoms. The van der Waals surface area contributed by atoms with Gasteiger partial charge in [0.05, 0.1) is 35.3 Å². The second-order valence-electron chi connectivity index (χ2n) is 15.0. The number of aromatic amines is 1. The number of aliphatic hydroxyl groups excluding tert-OH is 1. The zero-order valence-corrected chi connectivity index (χ0v) is 30.6. The van der Waals surface area contributed by atoms with Crippen LogP contribution in [0, 0.1) is 17.2 Å². The number of carbonyl (C=O) groups excluding carboxylic acids is 2. The Morgan fingerprint density at radius 3 is 2.37 bits per heavy atom. The molecule has 2 amide bonds. The third kappa shape index (κ3) is 9.59. The van der Waals surface area contributed by atoms with Crippen molar-refractivity contribution < 1.29 is 27.5 Å². The number of carbonyl (C=O) groups is 2. The van der Waals surface area contributed by atoms with Crippen LogP contribution in [-0.2, 0) is 31.6 Å². The van der Waals surface area contributed by atoms with Crippen LogP contribution in [0.25, 0.3) is 10.9 Å². The summed E-state index contributed by atoms with van der Waals surface area (Å²) in [6.45, 7) is 9.05. The van der Waals surface area contributed by atoms with E-state index in [0.717, 1.165) is 29.4 Å². The van der Waals surface area contributed by atoms with E-state index >= 15 is 0 Å². The van der Waals surface area contributed by atoms with Crippen molar-refractivity contribution in [2.24, 2.45) is 11.3 Å². The average molecular weight is 721 g/mol. The Morgan fingerprint density at radius 2 is 1.73 bits per heavy atom. The lowest BCUT2D eigenvalue weighted by Crippen LogP contribution is -2.59. The van der Waals surface area contributed by atoms with Crippen molar-refractivity contribution in [2.45, 2.75) is 82.5 Å². The molecular weight excluding hydrogens is 672 g/mol. The monoisotopic (exact) mass is 720 g/mol. The zero-order valence-electron chi connectivity index (χ0n) is 29.8. The van der Waals surface area contributed by atoms with E-state index < -0.39 is 51.0 Å². The molecule has 3 atom stereocenters. The molecule has 1 aromatic heterocycles. The Kier molecular flexibility index (Phi) is 11.6. The number of aromatic nitrogens is 2. The number of rotatable bonds is 16. The molecule has 5 rings (SSSR count). The number of aliphatic hydroxyl groups is 1. The Bertz CT molecular complexity index is 1920. The summed E-state index contributed by atoms with van der Waals surface area (Å²) in [5, 5.41) is 28.4. The van der Waals surface area contributed by atoms with Gasteiger partial charge in [-0.3, -0.25) is 20.0 Å². The summed E-state index contributed by atoms with van der Waals surface area (Å²) in [6, 6.07) is 18.4. The first kappa shape index (κ1) is 38.1. The molecule has 3 aromatic carbocycles. The van der Waals surface area contributed by atoms with Gasteiger partial charge in [-0.1, -0.05) is 77.1 Å². The summed E-state index contributed by atoms with van der Waals surface area (Å²) in [5.41, 5.74) is 0.962. The average Bonchev–Trinajstić information content (AvgIpc) is 3.72. The first-order chi connectivity index (χ1) is 24.1. The van der Waals surface area contributed by atoms with Crippen LogP contribution in [-0.4, -0.2) is 77.7 Å². The van der Waals surface area contributed by atoms with Crippen molar-refractivity contribution in [3.8, 4) is 0 Å². The van der Waals surface area contributed by atoms with Gasteiger partial charge in [-0.15, -0.1) is 0 Å². The van der Waals surface area contributed by atoms with Gasteiger partial charge in [0, 0.05) is 24.0 Å². The molecule has 1 aliphatic carbocycles. The summed E-state index contributed by atoms with van der Waals surface area (Å²) >= 11 is 0. The SMILES string of the molecule is CC(C)CN(CC(O)C(Cc1ccccc1)NC(=O)C(NC(=O)CNC1(c2cccc(F)c2)CC1)C(C)(C)C)S(=O)(=O)c1ccc2cn[nH]c2c1. The van der Waals surface area contributed by atoms with Crippen molar-refractivity contribution in [3.63, 3.8) is 0 Å². The van der Waals surface area contributed by atoms with Gasteiger partial charge >= 0.3 is 0 Å². The van der Waals surface area contributed by atoms with Crippen molar-refractivity contribution in [1.29, 1.82) is 0 Å². The van der Waals surface area contributed by atoms with Crippen LogP contribution in [0.5, 0.6) is 0 Å². The minimum atomic E-state index is -4.06. The van der Waals surface area contributed by atoms with Crippen LogP contribution in [0.2, 0.25) is 0 Å². The number of H-pyrrole nitrogens is 1. The van der Waals surface area contributed by atoms with Gasteiger partial charge in [-0.25, -0.2) is 12.8 Å². The smallest absolute Gasteiger partial charge is 0.243 e. The van der Waals surface area contributed by atoms with Gasteiger partial charge in [-0.2, -0.15) is 9.40 Å². The van der Waals surface area contributed by atoms with E-state index in [0.29, 0.717) is 5.52 Å². The van der Waals surface area contributed by atoms with E-state index in [-0.39, 0.29) is 42.7 Å². The molecule has 11 nitrogen and oxygen atoms in total. The molecule has 13 heteroatoms. The first-order valence-corrected chi connectivity index (χ1v) is 18.8. The molecule has 1 heterocycles. The molecule has 0 bridgehead atoms. The second-order valence-corrected chi connectivity index (χ2v) is 17.0. The zero-order chi connectivity index (χ0) is 37.0. The van der Waals surface area contributed by atoms with Gasteiger partial charge in [0.15, 0.2) is 0 Å². The highest BCUT2D eigenvalue weighted by Gasteiger charge is 2.45. The molecule has 1 fully saturated rings. The molecule has 51 heavy (non-hydrogen) atoms. The minimum absolute atomic E-state index is 0.0604. The highest BCUT2D eigenvalue weighted by Crippen LogP contribution is 2.45. The Morgan fingerprint density at radius 1 is 1.00 bits per heavy atom. The predicted molar refractivity (Wildman–Crippen MR) is 194 cm³/mol. The molecular formula is C38H49FN6O5S. The molecule has 0 radical (unpaired) electrons.